The summed E-state index contributed by atoms with van der Waals surface area (Å²) < 4.78 is 2.12. The number of aryl methyl sites for hydroxylation is 1. The van der Waals surface area contributed by atoms with Gasteiger partial charge in [0.2, 0.25) is 0 Å². The second-order valence-corrected chi connectivity index (χ2v) is 5.14. The molecule has 2 aromatic heterocycles. The van der Waals surface area contributed by atoms with E-state index in [1.165, 1.54) is 16.3 Å². The van der Waals surface area contributed by atoms with E-state index < -0.39 is 0 Å². The summed E-state index contributed by atoms with van der Waals surface area (Å²) in [5.41, 5.74) is 3.55. The van der Waals surface area contributed by atoms with Gasteiger partial charge in [-0.05, 0) is 35.9 Å². The van der Waals surface area contributed by atoms with Gasteiger partial charge >= 0.3 is 0 Å². The third-order valence-corrected chi connectivity index (χ3v) is 3.69. The number of pyridine rings is 1. The van der Waals surface area contributed by atoms with E-state index in [0.29, 0.717) is 0 Å². The van der Waals surface area contributed by atoms with Crippen LogP contribution in [0, 0.1) is 6.92 Å². The first kappa shape index (κ1) is 11.2. The molecule has 0 aliphatic heterocycles. The van der Waals surface area contributed by atoms with Crippen LogP contribution in [-0.4, -0.2) is 9.38 Å². The Hall–Kier alpha value is -2.61. The first-order chi connectivity index (χ1) is 9.81. The van der Waals surface area contributed by atoms with Crippen molar-refractivity contribution in [3.05, 3.63) is 72.6 Å². The number of fused-ring (bicyclic) bond motifs is 2. The molecule has 0 unspecified atom stereocenters. The summed E-state index contributed by atoms with van der Waals surface area (Å²) in [6.07, 6.45) is 3.96. The number of imidazole rings is 1. The Bertz CT molecular complexity index is 919. The summed E-state index contributed by atoms with van der Waals surface area (Å²) in [5, 5.41) is 2.52. The first-order valence-electron chi connectivity index (χ1n) is 6.74. The lowest BCUT2D eigenvalue weighted by atomic mass is 10.0. The van der Waals surface area contributed by atoms with Crippen LogP contribution in [0.4, 0.5) is 0 Å². The van der Waals surface area contributed by atoms with Gasteiger partial charge in [0, 0.05) is 11.8 Å². The summed E-state index contributed by atoms with van der Waals surface area (Å²) in [4.78, 5) is 4.55. The number of nitrogens with zero attached hydrogens (tertiary/aromatic N) is 2. The molecule has 0 aliphatic carbocycles. The second-order valence-electron chi connectivity index (χ2n) is 5.14. The Morgan fingerprint density at radius 1 is 0.900 bits per heavy atom. The first-order valence-corrected chi connectivity index (χ1v) is 6.74. The van der Waals surface area contributed by atoms with Gasteiger partial charge in [-0.3, -0.25) is 4.40 Å². The molecular weight excluding hydrogens is 244 g/mol. The fraction of sp³-hybridized carbons (Fsp3) is 0.0556. The normalized spacial score (nSPS) is 11.2. The summed E-state index contributed by atoms with van der Waals surface area (Å²) >= 11 is 0. The Balaban J connectivity index is 1.96. The molecule has 0 fully saturated rings. The maximum atomic E-state index is 4.55. The zero-order chi connectivity index (χ0) is 13.5. The van der Waals surface area contributed by atoms with E-state index in [-0.39, 0.29) is 0 Å². The minimum atomic E-state index is 0.989. The lowest BCUT2D eigenvalue weighted by Gasteiger charge is -2.04. The smallest absolute Gasteiger partial charge is 0.144 e. The molecule has 0 atom stereocenters. The highest BCUT2D eigenvalue weighted by molar-refractivity contribution is 5.87. The van der Waals surface area contributed by atoms with Crippen molar-refractivity contribution in [2.75, 3.05) is 0 Å². The molecule has 0 saturated heterocycles. The molecule has 4 aromatic rings. The standard InChI is InChI=1S/C18H14N2/c1-13-5-6-15-11-16(8-7-14(15)10-13)18-19-12-17-4-2-3-9-20(17)18/h2-12H,1H3. The van der Waals surface area contributed by atoms with Crippen LogP contribution in [0.3, 0.4) is 0 Å². The van der Waals surface area contributed by atoms with Crippen LogP contribution in [0.25, 0.3) is 27.7 Å². The van der Waals surface area contributed by atoms with E-state index >= 15 is 0 Å². The van der Waals surface area contributed by atoms with Crippen molar-refractivity contribution < 1.29 is 0 Å². The molecule has 4 rings (SSSR count). The van der Waals surface area contributed by atoms with Crippen molar-refractivity contribution in [1.82, 2.24) is 9.38 Å². The predicted octanol–water partition coefficient (Wildman–Crippen LogP) is 4.46. The Labute approximate surface area is 117 Å². The highest BCUT2D eigenvalue weighted by Crippen LogP contribution is 2.25. The number of hydrogen-bond acceptors (Lipinski definition) is 1. The van der Waals surface area contributed by atoms with Crippen LogP contribution in [0.5, 0.6) is 0 Å². The molecule has 0 N–H and O–H groups in total. The molecule has 20 heavy (non-hydrogen) atoms. The van der Waals surface area contributed by atoms with Gasteiger partial charge in [0.05, 0.1) is 11.7 Å². The average molecular weight is 258 g/mol. The number of hydrogen-bond donors (Lipinski definition) is 0. The van der Waals surface area contributed by atoms with Gasteiger partial charge in [-0.25, -0.2) is 4.98 Å². The second kappa shape index (κ2) is 4.20. The monoisotopic (exact) mass is 258 g/mol. The van der Waals surface area contributed by atoms with Crippen LogP contribution in [0.15, 0.2) is 67.0 Å². The fourth-order valence-corrected chi connectivity index (χ4v) is 2.66. The van der Waals surface area contributed by atoms with Gasteiger partial charge in [0.1, 0.15) is 5.82 Å². The molecule has 0 amide bonds. The third kappa shape index (κ3) is 1.69. The fourth-order valence-electron chi connectivity index (χ4n) is 2.66. The minimum Gasteiger partial charge on any atom is -0.300 e. The Kier molecular flexibility index (Phi) is 2.36. The van der Waals surface area contributed by atoms with Gasteiger partial charge in [-0.15, -0.1) is 0 Å². The highest BCUT2D eigenvalue weighted by atomic mass is 15.0. The topological polar surface area (TPSA) is 17.3 Å². The summed E-state index contributed by atoms with van der Waals surface area (Å²) in [6.45, 7) is 2.12. The molecule has 2 heterocycles. The largest absolute Gasteiger partial charge is 0.300 e. The Morgan fingerprint density at radius 3 is 2.70 bits per heavy atom. The van der Waals surface area contributed by atoms with Gasteiger partial charge in [-0.1, -0.05) is 42.0 Å². The van der Waals surface area contributed by atoms with E-state index in [1.807, 2.05) is 18.3 Å². The van der Waals surface area contributed by atoms with E-state index in [9.17, 15) is 0 Å². The SMILES string of the molecule is Cc1ccc2cc(-c3ncc4ccccn34)ccc2c1. The summed E-state index contributed by atoms with van der Waals surface area (Å²) in [7, 11) is 0. The van der Waals surface area contributed by atoms with Crippen LogP contribution >= 0.6 is 0 Å². The zero-order valence-corrected chi connectivity index (χ0v) is 11.2. The number of aromatic nitrogens is 2. The van der Waals surface area contributed by atoms with Crippen molar-refractivity contribution >= 4 is 16.3 Å². The predicted molar refractivity (Wildman–Crippen MR) is 82.9 cm³/mol. The summed E-state index contributed by atoms with van der Waals surface area (Å²) in [6, 6.07) is 19.2. The van der Waals surface area contributed by atoms with Crippen LogP contribution in [-0.2, 0) is 0 Å². The molecule has 0 spiro atoms. The van der Waals surface area contributed by atoms with E-state index in [0.717, 1.165) is 16.9 Å². The summed E-state index contributed by atoms with van der Waals surface area (Å²) in [5.74, 6) is 0.989. The van der Waals surface area contributed by atoms with Crippen molar-refractivity contribution in [2.24, 2.45) is 0 Å². The highest BCUT2D eigenvalue weighted by Gasteiger charge is 2.06. The van der Waals surface area contributed by atoms with Crippen LogP contribution in [0.2, 0.25) is 0 Å². The molecule has 96 valence electrons. The molecule has 2 aromatic carbocycles. The van der Waals surface area contributed by atoms with Gasteiger partial charge < -0.3 is 0 Å². The van der Waals surface area contributed by atoms with Crippen molar-refractivity contribution in [2.45, 2.75) is 6.92 Å². The lowest BCUT2D eigenvalue weighted by Crippen LogP contribution is -1.88. The quantitative estimate of drug-likeness (QED) is 0.492. The van der Waals surface area contributed by atoms with Gasteiger partial charge in [0.15, 0.2) is 0 Å². The molecule has 0 bridgehead atoms. The maximum absolute atomic E-state index is 4.55. The number of rotatable bonds is 1. The van der Waals surface area contributed by atoms with E-state index in [1.54, 1.807) is 0 Å². The molecule has 2 heteroatoms. The van der Waals surface area contributed by atoms with E-state index in [2.05, 4.69) is 65.0 Å². The molecule has 0 aliphatic rings. The minimum absolute atomic E-state index is 0.989. The molecule has 2 nitrogen and oxygen atoms in total. The van der Waals surface area contributed by atoms with Crippen LogP contribution in [0.1, 0.15) is 5.56 Å². The lowest BCUT2D eigenvalue weighted by molar-refractivity contribution is 1.16. The van der Waals surface area contributed by atoms with Crippen molar-refractivity contribution in [3.8, 4) is 11.4 Å². The van der Waals surface area contributed by atoms with Crippen LogP contribution < -0.4 is 0 Å². The van der Waals surface area contributed by atoms with Gasteiger partial charge in [0.25, 0.3) is 0 Å². The van der Waals surface area contributed by atoms with E-state index in [4.69, 9.17) is 0 Å². The van der Waals surface area contributed by atoms with Gasteiger partial charge in [-0.2, -0.15) is 0 Å². The van der Waals surface area contributed by atoms with Crippen molar-refractivity contribution in [3.63, 3.8) is 0 Å². The number of benzene rings is 2. The molecule has 0 saturated carbocycles. The zero-order valence-electron chi connectivity index (χ0n) is 11.2. The maximum Gasteiger partial charge on any atom is 0.144 e. The Morgan fingerprint density at radius 2 is 1.75 bits per heavy atom. The average Bonchev–Trinajstić information content (AvgIpc) is 2.91. The molecule has 0 radical (unpaired) electrons. The van der Waals surface area contributed by atoms with Crippen molar-refractivity contribution in [1.29, 1.82) is 0 Å². The molecular formula is C18H14N2. The third-order valence-electron chi connectivity index (χ3n) is 3.69.